The summed E-state index contributed by atoms with van der Waals surface area (Å²) in [6.45, 7) is 1.75. The van der Waals surface area contributed by atoms with Crippen LogP contribution in [-0.2, 0) is 26.3 Å². The normalized spacial score (nSPS) is 10.6. The summed E-state index contributed by atoms with van der Waals surface area (Å²) in [6.07, 6.45) is 0. The average Bonchev–Trinajstić information content (AvgIpc) is 2.74. The molecule has 0 radical (unpaired) electrons. The van der Waals surface area contributed by atoms with Gasteiger partial charge in [-0.1, -0.05) is 42.5 Å². The molecule has 3 rings (SSSR count). The third-order valence-electron chi connectivity index (χ3n) is 4.22. The predicted molar refractivity (Wildman–Crippen MR) is 105 cm³/mol. The van der Waals surface area contributed by atoms with Gasteiger partial charge in [-0.05, 0) is 52.6 Å². The number of rotatable bonds is 10. The molecule has 0 saturated heterocycles. The molecule has 0 fully saturated rings. The molecule has 6 heteroatoms. The van der Waals surface area contributed by atoms with E-state index in [1.807, 2.05) is 66.7 Å². The Morgan fingerprint density at radius 1 is 0.571 bits per heavy atom. The molecule has 0 heterocycles. The van der Waals surface area contributed by atoms with Crippen LogP contribution in [0.4, 0.5) is 0 Å². The largest absolute Gasteiger partial charge is 0.489 e. The van der Waals surface area contributed by atoms with Crippen LogP contribution in [0, 0.1) is 0 Å². The van der Waals surface area contributed by atoms with Gasteiger partial charge in [-0.2, -0.15) is 0 Å². The Bertz CT molecular complexity index is 782. The Balaban J connectivity index is 1.51. The summed E-state index contributed by atoms with van der Waals surface area (Å²) in [5, 5.41) is 17.4. The molecule has 0 aliphatic heterocycles. The van der Waals surface area contributed by atoms with Gasteiger partial charge in [0, 0.05) is 13.1 Å². The van der Waals surface area contributed by atoms with Gasteiger partial charge >= 0.3 is 0 Å². The third kappa shape index (κ3) is 6.07. The minimum Gasteiger partial charge on any atom is -0.489 e. The molecule has 0 saturated carbocycles. The fourth-order valence-corrected chi connectivity index (χ4v) is 2.73. The van der Waals surface area contributed by atoms with Crippen molar-refractivity contribution >= 4 is 0 Å². The minimum atomic E-state index is 0.406. The van der Waals surface area contributed by atoms with Gasteiger partial charge in [0.15, 0.2) is 0 Å². The lowest BCUT2D eigenvalue weighted by Gasteiger charge is -2.10. The highest BCUT2D eigenvalue weighted by Gasteiger charge is 2.01. The van der Waals surface area contributed by atoms with Gasteiger partial charge < -0.3 is 19.9 Å². The van der Waals surface area contributed by atoms with Crippen molar-refractivity contribution in [2.45, 2.75) is 26.3 Å². The molecular formula is C22H24N2O4. The summed E-state index contributed by atoms with van der Waals surface area (Å²) in [5.74, 6) is 1.56. The van der Waals surface area contributed by atoms with Gasteiger partial charge in [-0.15, -0.1) is 0 Å². The van der Waals surface area contributed by atoms with Crippen LogP contribution in [0.3, 0.4) is 0 Å². The van der Waals surface area contributed by atoms with Crippen LogP contribution >= 0.6 is 0 Å². The van der Waals surface area contributed by atoms with E-state index in [9.17, 15) is 0 Å². The molecule has 146 valence electrons. The van der Waals surface area contributed by atoms with Gasteiger partial charge in [0.25, 0.3) is 0 Å². The molecule has 0 unspecified atom stereocenters. The molecule has 3 aromatic carbocycles. The third-order valence-corrected chi connectivity index (χ3v) is 4.22. The van der Waals surface area contributed by atoms with Crippen LogP contribution in [0.15, 0.2) is 72.8 Å². The molecule has 0 bridgehead atoms. The lowest BCUT2D eigenvalue weighted by molar-refractivity contribution is 0.161. The molecule has 0 aliphatic carbocycles. The highest BCUT2D eigenvalue weighted by atomic mass is 16.5. The molecule has 0 spiro atoms. The average molecular weight is 380 g/mol. The van der Waals surface area contributed by atoms with Gasteiger partial charge in [-0.25, -0.2) is 11.0 Å². The van der Waals surface area contributed by atoms with Crippen molar-refractivity contribution < 1.29 is 19.9 Å². The zero-order valence-electron chi connectivity index (χ0n) is 15.5. The predicted octanol–water partition coefficient (Wildman–Crippen LogP) is 3.80. The summed E-state index contributed by atoms with van der Waals surface area (Å²) in [7, 11) is 0. The highest BCUT2D eigenvalue weighted by molar-refractivity contribution is 5.30. The minimum absolute atomic E-state index is 0.406. The Morgan fingerprint density at radius 3 is 1.39 bits per heavy atom. The second kappa shape index (κ2) is 10.4. The van der Waals surface area contributed by atoms with Crippen molar-refractivity contribution in [1.29, 1.82) is 0 Å². The van der Waals surface area contributed by atoms with Crippen molar-refractivity contribution in [3.05, 3.63) is 95.1 Å². The van der Waals surface area contributed by atoms with E-state index in [1.165, 1.54) is 0 Å². The lowest BCUT2D eigenvalue weighted by atomic mass is 10.1. The molecule has 4 N–H and O–H groups in total. The van der Waals surface area contributed by atoms with Crippen molar-refractivity contribution in [3.8, 4) is 11.5 Å². The van der Waals surface area contributed by atoms with Crippen molar-refractivity contribution in [1.82, 2.24) is 11.0 Å². The molecule has 28 heavy (non-hydrogen) atoms. The maximum absolute atomic E-state index is 8.71. The number of ether oxygens (including phenoxy) is 2. The maximum atomic E-state index is 8.71. The Labute approximate surface area is 164 Å². The molecular weight excluding hydrogens is 356 g/mol. The summed E-state index contributed by atoms with van der Waals surface area (Å²) in [4.78, 5) is 0. The van der Waals surface area contributed by atoms with Crippen LogP contribution in [0.1, 0.15) is 22.3 Å². The van der Waals surface area contributed by atoms with Gasteiger partial charge in [0.05, 0.1) is 0 Å². The van der Waals surface area contributed by atoms with Crippen LogP contribution in [0.25, 0.3) is 0 Å². The van der Waals surface area contributed by atoms with Crippen LogP contribution < -0.4 is 20.4 Å². The fraction of sp³-hybridized carbons (Fsp3) is 0.182. The number of hydrogen-bond donors (Lipinski definition) is 4. The first-order valence-corrected chi connectivity index (χ1v) is 9.02. The van der Waals surface area contributed by atoms with Gasteiger partial charge in [0.1, 0.15) is 24.7 Å². The molecule has 0 atom stereocenters. The van der Waals surface area contributed by atoms with Crippen molar-refractivity contribution in [3.63, 3.8) is 0 Å². The summed E-state index contributed by atoms with van der Waals surface area (Å²) in [5.41, 5.74) is 8.35. The quantitative estimate of drug-likeness (QED) is 0.401. The second-order valence-electron chi connectivity index (χ2n) is 6.35. The monoisotopic (exact) mass is 380 g/mol. The number of benzene rings is 3. The molecule has 3 aromatic rings. The summed E-state index contributed by atoms with van der Waals surface area (Å²) >= 11 is 0. The van der Waals surface area contributed by atoms with Crippen LogP contribution in [-0.4, -0.2) is 10.4 Å². The first kappa shape index (κ1) is 19.9. The Kier molecular flexibility index (Phi) is 7.40. The van der Waals surface area contributed by atoms with E-state index >= 15 is 0 Å². The first-order valence-electron chi connectivity index (χ1n) is 9.02. The van der Waals surface area contributed by atoms with E-state index in [-0.39, 0.29) is 0 Å². The summed E-state index contributed by atoms with van der Waals surface area (Å²) in [6, 6.07) is 23.3. The topological polar surface area (TPSA) is 83.0 Å². The van der Waals surface area contributed by atoms with Crippen LogP contribution in [0.5, 0.6) is 11.5 Å². The molecule has 0 aliphatic rings. The van der Waals surface area contributed by atoms with E-state index in [0.29, 0.717) is 26.3 Å². The van der Waals surface area contributed by atoms with E-state index in [0.717, 1.165) is 33.8 Å². The summed E-state index contributed by atoms with van der Waals surface area (Å²) < 4.78 is 11.7. The molecule has 6 nitrogen and oxygen atoms in total. The van der Waals surface area contributed by atoms with Gasteiger partial charge in [0.2, 0.25) is 0 Å². The number of hydroxylamine groups is 2. The van der Waals surface area contributed by atoms with E-state index in [1.54, 1.807) is 0 Å². The molecule has 0 aromatic heterocycles. The Morgan fingerprint density at radius 2 is 1.00 bits per heavy atom. The van der Waals surface area contributed by atoms with E-state index in [4.69, 9.17) is 19.9 Å². The SMILES string of the molecule is ONCc1ccc(OCc2cccc(COc3ccc(CNO)cc3)c2)cc1. The zero-order chi connectivity index (χ0) is 19.6. The first-order chi connectivity index (χ1) is 13.8. The van der Waals surface area contributed by atoms with Crippen molar-refractivity contribution in [2.75, 3.05) is 0 Å². The van der Waals surface area contributed by atoms with E-state index < -0.39 is 0 Å². The lowest BCUT2D eigenvalue weighted by Crippen LogP contribution is -2.05. The fourth-order valence-electron chi connectivity index (χ4n) is 2.73. The van der Waals surface area contributed by atoms with Gasteiger partial charge in [-0.3, -0.25) is 0 Å². The number of nitrogens with one attached hydrogen (secondary N) is 2. The number of hydrogen-bond acceptors (Lipinski definition) is 6. The highest BCUT2D eigenvalue weighted by Crippen LogP contribution is 2.17. The zero-order valence-corrected chi connectivity index (χ0v) is 15.5. The standard InChI is InChI=1S/C22H24N2O4/c25-23-13-17-4-8-21(9-5-17)27-15-19-2-1-3-20(12-19)16-28-22-10-6-18(7-11-22)14-24-26/h1-12,23-26H,13-16H2. The Hall–Kier alpha value is -2.90. The van der Waals surface area contributed by atoms with Crippen LogP contribution in [0.2, 0.25) is 0 Å². The van der Waals surface area contributed by atoms with E-state index in [2.05, 4.69) is 17.0 Å². The smallest absolute Gasteiger partial charge is 0.119 e. The van der Waals surface area contributed by atoms with Crippen molar-refractivity contribution in [2.24, 2.45) is 0 Å². The second-order valence-corrected chi connectivity index (χ2v) is 6.35. The maximum Gasteiger partial charge on any atom is 0.119 e. The molecule has 0 amide bonds.